The second-order valence-corrected chi connectivity index (χ2v) is 5.80. The maximum absolute atomic E-state index is 12.4. The van der Waals surface area contributed by atoms with Crippen LogP contribution in [0.15, 0.2) is 41.2 Å². The lowest BCUT2D eigenvalue weighted by molar-refractivity contribution is 0.112. The van der Waals surface area contributed by atoms with E-state index in [9.17, 15) is 9.59 Å². The summed E-state index contributed by atoms with van der Waals surface area (Å²) in [6.45, 7) is 6.91. The molecule has 1 heterocycles. The van der Waals surface area contributed by atoms with Crippen molar-refractivity contribution in [2.75, 3.05) is 0 Å². The fourth-order valence-electron chi connectivity index (χ4n) is 2.27. The Morgan fingerprint density at radius 3 is 2.33 bits per heavy atom. The first-order valence-corrected chi connectivity index (χ1v) is 7.29. The average molecular weight is 283 g/mol. The van der Waals surface area contributed by atoms with Gasteiger partial charge >= 0.3 is 0 Å². The van der Waals surface area contributed by atoms with Crippen LogP contribution in [0.3, 0.4) is 0 Å². The highest BCUT2D eigenvalue weighted by molar-refractivity contribution is 5.75. The summed E-state index contributed by atoms with van der Waals surface area (Å²) in [5.74, 6) is 0.502. The smallest absolute Gasteiger partial charge is 0.261 e. The van der Waals surface area contributed by atoms with E-state index in [2.05, 4.69) is 13.8 Å². The molecule has 2 rings (SSSR count). The maximum atomic E-state index is 12.4. The van der Waals surface area contributed by atoms with Crippen molar-refractivity contribution in [3.8, 4) is 11.3 Å². The van der Waals surface area contributed by atoms with E-state index in [4.69, 9.17) is 0 Å². The quantitative estimate of drug-likeness (QED) is 0.785. The van der Waals surface area contributed by atoms with Crippen LogP contribution < -0.4 is 5.56 Å². The van der Waals surface area contributed by atoms with Crippen LogP contribution >= 0.6 is 0 Å². The van der Waals surface area contributed by atoms with Gasteiger partial charge in [-0.3, -0.25) is 9.59 Å². The molecule has 0 unspecified atom stereocenters. The van der Waals surface area contributed by atoms with Crippen LogP contribution in [-0.2, 0) is 6.54 Å². The molecule has 110 valence electrons. The summed E-state index contributed by atoms with van der Waals surface area (Å²) in [6, 6.07) is 11.5. The zero-order valence-corrected chi connectivity index (χ0v) is 12.8. The van der Waals surface area contributed by atoms with Crippen LogP contribution in [0.1, 0.15) is 36.2 Å². The molecule has 21 heavy (non-hydrogen) atoms. The van der Waals surface area contributed by atoms with Crippen LogP contribution in [0.25, 0.3) is 11.3 Å². The third-order valence-electron chi connectivity index (χ3n) is 3.61. The van der Waals surface area contributed by atoms with Crippen LogP contribution in [-0.4, -0.2) is 10.9 Å². The monoisotopic (exact) mass is 283 g/mol. The van der Waals surface area contributed by atoms with Gasteiger partial charge in [0, 0.05) is 6.54 Å². The molecular weight excluding hydrogens is 262 g/mol. The van der Waals surface area contributed by atoms with Crippen LogP contribution in [0.5, 0.6) is 0 Å². The standard InChI is InChI=1S/C18H21NO2/c1-13(2)10-11-19-17(9-8-16(12-20)18(19)21)15-6-4-14(3)5-7-15/h4-9,12-13H,10-11H2,1-3H3. The van der Waals surface area contributed by atoms with Crippen molar-refractivity contribution in [1.29, 1.82) is 0 Å². The zero-order valence-electron chi connectivity index (χ0n) is 12.8. The number of pyridine rings is 1. The topological polar surface area (TPSA) is 39.1 Å². The normalized spacial score (nSPS) is 10.9. The molecule has 0 atom stereocenters. The summed E-state index contributed by atoms with van der Waals surface area (Å²) >= 11 is 0. The Hall–Kier alpha value is -2.16. The number of aromatic nitrogens is 1. The highest BCUT2D eigenvalue weighted by Gasteiger charge is 2.10. The molecule has 0 aliphatic heterocycles. The van der Waals surface area contributed by atoms with E-state index < -0.39 is 0 Å². The molecule has 3 nitrogen and oxygen atoms in total. The molecule has 2 aromatic rings. The number of hydrogen-bond acceptors (Lipinski definition) is 2. The van der Waals surface area contributed by atoms with Crippen molar-refractivity contribution in [3.05, 3.63) is 57.9 Å². The Balaban J connectivity index is 2.53. The molecule has 0 amide bonds. The predicted molar refractivity (Wildman–Crippen MR) is 85.7 cm³/mol. The summed E-state index contributed by atoms with van der Waals surface area (Å²) in [7, 11) is 0. The van der Waals surface area contributed by atoms with Gasteiger partial charge in [0.05, 0.1) is 11.3 Å². The van der Waals surface area contributed by atoms with E-state index >= 15 is 0 Å². The van der Waals surface area contributed by atoms with Gasteiger partial charge in [-0.15, -0.1) is 0 Å². The SMILES string of the molecule is Cc1ccc(-c2ccc(C=O)c(=O)n2CCC(C)C)cc1. The number of aryl methyl sites for hydroxylation is 1. The first kappa shape index (κ1) is 15.2. The van der Waals surface area contributed by atoms with Crippen molar-refractivity contribution in [1.82, 2.24) is 4.57 Å². The van der Waals surface area contributed by atoms with E-state index in [0.29, 0.717) is 18.7 Å². The van der Waals surface area contributed by atoms with Crippen LogP contribution in [0.4, 0.5) is 0 Å². The highest BCUT2D eigenvalue weighted by atomic mass is 16.1. The number of carbonyl (C=O) groups is 1. The van der Waals surface area contributed by atoms with Gasteiger partial charge in [-0.25, -0.2) is 0 Å². The van der Waals surface area contributed by atoms with Gasteiger partial charge in [-0.2, -0.15) is 0 Å². The first-order valence-electron chi connectivity index (χ1n) is 7.29. The second-order valence-electron chi connectivity index (χ2n) is 5.80. The molecule has 3 heteroatoms. The maximum Gasteiger partial charge on any atom is 0.261 e. The molecule has 0 N–H and O–H groups in total. The third kappa shape index (κ3) is 3.48. The molecule has 0 bridgehead atoms. The fraction of sp³-hybridized carbons (Fsp3) is 0.333. The van der Waals surface area contributed by atoms with Crippen LogP contribution in [0.2, 0.25) is 0 Å². The Labute approximate surface area is 125 Å². The minimum absolute atomic E-state index is 0.205. The molecule has 0 saturated heterocycles. The molecule has 0 aliphatic carbocycles. The molecule has 0 fully saturated rings. The molecule has 0 radical (unpaired) electrons. The number of nitrogens with zero attached hydrogens (tertiary/aromatic N) is 1. The summed E-state index contributed by atoms with van der Waals surface area (Å²) in [4.78, 5) is 23.4. The molecule has 1 aromatic heterocycles. The largest absolute Gasteiger partial charge is 0.308 e. The van der Waals surface area contributed by atoms with E-state index in [1.54, 1.807) is 10.6 Å². The van der Waals surface area contributed by atoms with Gasteiger partial charge in [0.1, 0.15) is 0 Å². The van der Waals surface area contributed by atoms with Gasteiger partial charge in [0.25, 0.3) is 5.56 Å². The van der Waals surface area contributed by atoms with E-state index in [1.807, 2.05) is 37.3 Å². The van der Waals surface area contributed by atoms with Crippen molar-refractivity contribution in [2.45, 2.75) is 33.7 Å². The summed E-state index contributed by atoms with van der Waals surface area (Å²) < 4.78 is 1.72. The van der Waals surface area contributed by atoms with E-state index in [1.165, 1.54) is 5.56 Å². The van der Waals surface area contributed by atoms with Crippen molar-refractivity contribution >= 4 is 6.29 Å². The number of rotatable bonds is 5. The Kier molecular flexibility index (Phi) is 4.73. The lowest BCUT2D eigenvalue weighted by atomic mass is 10.1. The first-order chi connectivity index (χ1) is 10.0. The number of carbonyl (C=O) groups excluding carboxylic acids is 1. The number of aldehydes is 1. The van der Waals surface area contributed by atoms with Crippen molar-refractivity contribution in [2.24, 2.45) is 5.92 Å². The number of hydrogen-bond donors (Lipinski definition) is 0. The summed E-state index contributed by atoms with van der Waals surface area (Å²) in [5.41, 5.74) is 3.06. The summed E-state index contributed by atoms with van der Waals surface area (Å²) in [5, 5.41) is 0. The van der Waals surface area contributed by atoms with Gasteiger partial charge in [-0.1, -0.05) is 43.7 Å². The minimum Gasteiger partial charge on any atom is -0.308 e. The third-order valence-corrected chi connectivity index (χ3v) is 3.61. The molecule has 0 aliphatic rings. The number of benzene rings is 1. The van der Waals surface area contributed by atoms with Crippen LogP contribution in [0, 0.1) is 12.8 Å². The van der Waals surface area contributed by atoms with Gasteiger partial charge in [-0.05, 0) is 37.0 Å². The molecule has 0 saturated carbocycles. The predicted octanol–water partition coefficient (Wildman–Crippen LogP) is 3.68. The Morgan fingerprint density at radius 2 is 1.76 bits per heavy atom. The molecule has 0 spiro atoms. The minimum atomic E-state index is -0.205. The molecular formula is C18H21NO2. The Morgan fingerprint density at radius 1 is 1.10 bits per heavy atom. The summed E-state index contributed by atoms with van der Waals surface area (Å²) in [6.07, 6.45) is 1.54. The lowest BCUT2D eigenvalue weighted by Gasteiger charge is -2.15. The van der Waals surface area contributed by atoms with Crippen molar-refractivity contribution < 1.29 is 4.79 Å². The fourth-order valence-corrected chi connectivity index (χ4v) is 2.27. The average Bonchev–Trinajstić information content (AvgIpc) is 2.46. The zero-order chi connectivity index (χ0) is 15.4. The van der Waals surface area contributed by atoms with Gasteiger partial charge < -0.3 is 4.57 Å². The molecule has 1 aromatic carbocycles. The highest BCUT2D eigenvalue weighted by Crippen LogP contribution is 2.19. The van der Waals surface area contributed by atoms with Crippen molar-refractivity contribution in [3.63, 3.8) is 0 Å². The van der Waals surface area contributed by atoms with Gasteiger partial charge in [0.2, 0.25) is 0 Å². The second kappa shape index (κ2) is 6.53. The van der Waals surface area contributed by atoms with E-state index in [-0.39, 0.29) is 11.1 Å². The van der Waals surface area contributed by atoms with E-state index in [0.717, 1.165) is 17.7 Å². The Bertz CT molecular complexity index is 681. The van der Waals surface area contributed by atoms with Gasteiger partial charge in [0.15, 0.2) is 6.29 Å². The lowest BCUT2D eigenvalue weighted by Crippen LogP contribution is -2.25.